The number of fused-ring (bicyclic) bond motifs is 1. The van der Waals surface area contributed by atoms with E-state index in [1.165, 1.54) is 18.3 Å². The van der Waals surface area contributed by atoms with E-state index in [1.807, 2.05) is 0 Å². The summed E-state index contributed by atoms with van der Waals surface area (Å²) in [7, 11) is 0. The molecule has 124 valence electrons. The summed E-state index contributed by atoms with van der Waals surface area (Å²) in [5.74, 6) is -1.78. The number of aromatic amines is 1. The third kappa shape index (κ3) is 2.76. The molecule has 0 radical (unpaired) electrons. The smallest absolute Gasteiger partial charge is 0.343 e. The molecule has 1 aliphatic rings. The average molecular weight is 329 g/mol. The Morgan fingerprint density at radius 1 is 1.33 bits per heavy atom. The van der Waals surface area contributed by atoms with Crippen molar-refractivity contribution in [1.29, 1.82) is 0 Å². The summed E-state index contributed by atoms with van der Waals surface area (Å²) < 4.78 is 10.1. The minimum atomic E-state index is -0.677. The van der Waals surface area contributed by atoms with Crippen LogP contribution in [0.5, 0.6) is 11.5 Å². The van der Waals surface area contributed by atoms with Gasteiger partial charge in [0.05, 0.1) is 18.6 Å². The SMILES string of the molecule is CCOC(=O)c1c[nH]c(=O)c2c1OC(=O)CC2c1ccc(O)cc1. The minimum absolute atomic E-state index is 0.00304. The van der Waals surface area contributed by atoms with Crippen LogP contribution in [-0.4, -0.2) is 28.6 Å². The number of phenols is 1. The van der Waals surface area contributed by atoms with E-state index in [-0.39, 0.29) is 35.7 Å². The maximum atomic E-state index is 12.3. The zero-order valence-corrected chi connectivity index (χ0v) is 12.9. The molecule has 0 saturated carbocycles. The highest BCUT2D eigenvalue weighted by molar-refractivity contribution is 5.94. The van der Waals surface area contributed by atoms with Crippen LogP contribution >= 0.6 is 0 Å². The van der Waals surface area contributed by atoms with Crippen molar-refractivity contribution in [2.45, 2.75) is 19.3 Å². The molecule has 7 nitrogen and oxygen atoms in total. The maximum Gasteiger partial charge on any atom is 0.343 e. The Bertz CT molecular complexity index is 852. The van der Waals surface area contributed by atoms with Crippen LogP contribution in [0.3, 0.4) is 0 Å². The van der Waals surface area contributed by atoms with Crippen molar-refractivity contribution in [3.8, 4) is 11.5 Å². The molecular formula is C17H15NO6. The number of pyridine rings is 1. The topological polar surface area (TPSA) is 106 Å². The van der Waals surface area contributed by atoms with Gasteiger partial charge in [-0.3, -0.25) is 9.59 Å². The number of aromatic nitrogens is 1. The first kappa shape index (κ1) is 15.8. The van der Waals surface area contributed by atoms with E-state index in [9.17, 15) is 19.5 Å². The molecule has 1 atom stereocenters. The number of nitrogens with one attached hydrogen (secondary N) is 1. The Hall–Kier alpha value is -3.09. The molecule has 2 aromatic rings. The number of carbonyl (C=O) groups excluding carboxylic acids is 2. The van der Waals surface area contributed by atoms with Gasteiger partial charge in [-0.05, 0) is 24.6 Å². The molecule has 0 spiro atoms. The van der Waals surface area contributed by atoms with Gasteiger partial charge in [0.1, 0.15) is 11.3 Å². The zero-order chi connectivity index (χ0) is 17.3. The third-order valence-electron chi connectivity index (χ3n) is 3.81. The summed E-state index contributed by atoms with van der Waals surface area (Å²) in [5.41, 5.74) is 0.426. The second kappa shape index (κ2) is 6.19. The van der Waals surface area contributed by atoms with Gasteiger partial charge in [0.25, 0.3) is 5.56 Å². The van der Waals surface area contributed by atoms with Gasteiger partial charge in [-0.15, -0.1) is 0 Å². The van der Waals surface area contributed by atoms with Crippen LogP contribution in [0.15, 0.2) is 35.3 Å². The van der Waals surface area contributed by atoms with Crippen molar-refractivity contribution in [2.24, 2.45) is 0 Å². The van der Waals surface area contributed by atoms with Crippen LogP contribution in [0.25, 0.3) is 0 Å². The molecule has 2 heterocycles. The summed E-state index contributed by atoms with van der Waals surface area (Å²) >= 11 is 0. The van der Waals surface area contributed by atoms with Gasteiger partial charge in [0.2, 0.25) is 0 Å². The molecule has 0 aliphatic carbocycles. The standard InChI is InChI=1S/C17H15NO6/c1-2-23-17(22)12-8-18-16(21)14-11(7-13(20)24-15(12)14)9-3-5-10(19)6-4-9/h3-6,8,11,19H,2,7H2,1H3,(H,18,21). The molecule has 0 amide bonds. The number of esters is 2. The Balaban J connectivity index is 2.16. The number of rotatable bonds is 3. The molecule has 1 unspecified atom stereocenters. The van der Waals surface area contributed by atoms with Crippen molar-refractivity contribution in [3.05, 3.63) is 57.5 Å². The van der Waals surface area contributed by atoms with E-state index in [1.54, 1.807) is 19.1 Å². The normalized spacial score (nSPS) is 16.2. The molecular weight excluding hydrogens is 314 g/mol. The lowest BCUT2D eigenvalue weighted by Crippen LogP contribution is -2.30. The van der Waals surface area contributed by atoms with Crippen LogP contribution in [0.4, 0.5) is 0 Å². The lowest BCUT2D eigenvalue weighted by Gasteiger charge is -2.25. The largest absolute Gasteiger partial charge is 0.508 e. The molecule has 3 rings (SSSR count). The summed E-state index contributed by atoms with van der Waals surface area (Å²) in [6.45, 7) is 1.81. The van der Waals surface area contributed by atoms with Crippen LogP contribution in [0.1, 0.15) is 40.7 Å². The number of ether oxygens (including phenoxy) is 2. The van der Waals surface area contributed by atoms with E-state index in [0.717, 1.165) is 0 Å². The fraction of sp³-hybridized carbons (Fsp3) is 0.235. The van der Waals surface area contributed by atoms with Gasteiger partial charge in [-0.25, -0.2) is 4.79 Å². The van der Waals surface area contributed by atoms with Crippen molar-refractivity contribution in [2.75, 3.05) is 6.61 Å². The Morgan fingerprint density at radius 3 is 2.71 bits per heavy atom. The molecule has 2 N–H and O–H groups in total. The predicted octanol–water partition coefficient (Wildman–Crippen LogP) is 1.70. The fourth-order valence-electron chi connectivity index (χ4n) is 2.73. The number of benzene rings is 1. The summed E-state index contributed by atoms with van der Waals surface area (Å²) in [5, 5.41) is 9.41. The number of carbonyl (C=O) groups is 2. The first-order valence-corrected chi connectivity index (χ1v) is 7.43. The Labute approximate surface area is 136 Å². The van der Waals surface area contributed by atoms with E-state index < -0.39 is 23.4 Å². The molecule has 1 aromatic heterocycles. The first-order valence-electron chi connectivity index (χ1n) is 7.43. The highest BCUT2D eigenvalue weighted by Crippen LogP contribution is 2.38. The van der Waals surface area contributed by atoms with Gasteiger partial charge in [-0.1, -0.05) is 12.1 Å². The number of aromatic hydroxyl groups is 1. The number of hydrogen-bond acceptors (Lipinski definition) is 6. The van der Waals surface area contributed by atoms with Crippen LogP contribution < -0.4 is 10.3 Å². The predicted molar refractivity (Wildman–Crippen MR) is 83.2 cm³/mol. The van der Waals surface area contributed by atoms with Gasteiger partial charge >= 0.3 is 11.9 Å². The van der Waals surface area contributed by atoms with E-state index in [4.69, 9.17) is 9.47 Å². The van der Waals surface area contributed by atoms with Gasteiger partial charge < -0.3 is 19.6 Å². The highest BCUT2D eigenvalue weighted by atomic mass is 16.5. The van der Waals surface area contributed by atoms with Gasteiger partial charge in [-0.2, -0.15) is 0 Å². The van der Waals surface area contributed by atoms with E-state index in [0.29, 0.717) is 5.56 Å². The van der Waals surface area contributed by atoms with Gasteiger partial charge in [0.15, 0.2) is 5.75 Å². The molecule has 0 fully saturated rings. The van der Waals surface area contributed by atoms with Crippen LogP contribution in [-0.2, 0) is 9.53 Å². The van der Waals surface area contributed by atoms with Crippen molar-refractivity contribution in [1.82, 2.24) is 4.98 Å². The lowest BCUT2D eigenvalue weighted by molar-refractivity contribution is -0.135. The summed E-state index contributed by atoms with van der Waals surface area (Å²) in [6.07, 6.45) is 1.15. The fourth-order valence-corrected chi connectivity index (χ4v) is 2.73. The number of phenolic OH excluding ortho intramolecular Hbond substituents is 1. The minimum Gasteiger partial charge on any atom is -0.508 e. The quantitative estimate of drug-likeness (QED) is 0.830. The van der Waals surface area contributed by atoms with E-state index in [2.05, 4.69) is 4.98 Å². The van der Waals surface area contributed by atoms with Crippen LogP contribution in [0.2, 0.25) is 0 Å². The van der Waals surface area contributed by atoms with Gasteiger partial charge in [0, 0.05) is 12.1 Å². The van der Waals surface area contributed by atoms with Crippen LogP contribution in [0, 0.1) is 0 Å². The highest BCUT2D eigenvalue weighted by Gasteiger charge is 2.34. The second-order valence-electron chi connectivity index (χ2n) is 5.32. The zero-order valence-electron chi connectivity index (χ0n) is 12.9. The van der Waals surface area contributed by atoms with Crippen molar-refractivity contribution >= 4 is 11.9 Å². The van der Waals surface area contributed by atoms with E-state index >= 15 is 0 Å². The second-order valence-corrected chi connectivity index (χ2v) is 5.32. The summed E-state index contributed by atoms with van der Waals surface area (Å²) in [4.78, 5) is 38.8. The molecule has 1 aromatic carbocycles. The molecule has 1 aliphatic heterocycles. The Kier molecular flexibility index (Phi) is 4.07. The lowest BCUT2D eigenvalue weighted by atomic mass is 9.86. The average Bonchev–Trinajstić information content (AvgIpc) is 2.55. The number of H-pyrrole nitrogens is 1. The third-order valence-corrected chi connectivity index (χ3v) is 3.81. The van der Waals surface area contributed by atoms with Crippen molar-refractivity contribution < 1.29 is 24.2 Å². The summed E-state index contributed by atoms with van der Waals surface area (Å²) in [6, 6.07) is 6.19. The molecule has 24 heavy (non-hydrogen) atoms. The molecule has 0 saturated heterocycles. The monoisotopic (exact) mass is 329 g/mol. The molecule has 7 heteroatoms. The Morgan fingerprint density at radius 2 is 2.04 bits per heavy atom. The number of hydrogen-bond donors (Lipinski definition) is 2. The first-order chi connectivity index (χ1) is 11.5. The van der Waals surface area contributed by atoms with Crippen molar-refractivity contribution in [3.63, 3.8) is 0 Å². The molecule has 0 bridgehead atoms. The maximum absolute atomic E-state index is 12.3.